The zero-order chi connectivity index (χ0) is 13.2. The van der Waals surface area contributed by atoms with Crippen LogP contribution in [0.4, 0.5) is 0 Å². The van der Waals surface area contributed by atoms with Crippen LogP contribution >= 0.6 is 0 Å². The standard InChI is InChI=1S/C16H24O2/c1-16(2,3)10-8-14(17)15-13-7-5-4-6-12(13)9-11-18-15/h4-7,14-15,17H,8-11H2,1-3H3. The summed E-state index contributed by atoms with van der Waals surface area (Å²) in [5.41, 5.74) is 2.75. The molecule has 1 heterocycles. The van der Waals surface area contributed by atoms with Crippen LogP contribution in [0.2, 0.25) is 0 Å². The lowest BCUT2D eigenvalue weighted by Crippen LogP contribution is -2.28. The van der Waals surface area contributed by atoms with Crippen molar-refractivity contribution in [1.82, 2.24) is 0 Å². The molecule has 0 amide bonds. The summed E-state index contributed by atoms with van der Waals surface area (Å²) < 4.78 is 5.78. The van der Waals surface area contributed by atoms with Crippen molar-refractivity contribution in [3.05, 3.63) is 35.4 Å². The van der Waals surface area contributed by atoms with E-state index in [2.05, 4.69) is 39.0 Å². The van der Waals surface area contributed by atoms with E-state index in [4.69, 9.17) is 4.74 Å². The third kappa shape index (κ3) is 3.33. The highest BCUT2D eigenvalue weighted by Gasteiger charge is 2.28. The number of hydrogen-bond donors (Lipinski definition) is 1. The minimum absolute atomic E-state index is 0.141. The Morgan fingerprint density at radius 1 is 1.33 bits per heavy atom. The van der Waals surface area contributed by atoms with E-state index >= 15 is 0 Å². The topological polar surface area (TPSA) is 29.5 Å². The largest absolute Gasteiger partial charge is 0.390 e. The second-order valence-corrected chi connectivity index (χ2v) is 6.41. The summed E-state index contributed by atoms with van der Waals surface area (Å²) in [5.74, 6) is 0. The van der Waals surface area contributed by atoms with Gasteiger partial charge in [-0.2, -0.15) is 0 Å². The van der Waals surface area contributed by atoms with E-state index in [0.29, 0.717) is 6.61 Å². The van der Waals surface area contributed by atoms with Crippen LogP contribution < -0.4 is 0 Å². The highest BCUT2D eigenvalue weighted by atomic mass is 16.5. The number of ether oxygens (including phenoxy) is 1. The van der Waals surface area contributed by atoms with Crippen LogP contribution in [-0.4, -0.2) is 17.8 Å². The monoisotopic (exact) mass is 248 g/mol. The number of aliphatic hydroxyl groups is 1. The Labute approximate surface area is 110 Å². The summed E-state index contributed by atoms with van der Waals surface area (Å²) >= 11 is 0. The van der Waals surface area contributed by atoms with Gasteiger partial charge in [-0.1, -0.05) is 45.0 Å². The summed E-state index contributed by atoms with van der Waals surface area (Å²) in [7, 11) is 0. The zero-order valence-electron chi connectivity index (χ0n) is 11.6. The molecule has 1 aromatic rings. The normalized spacial score (nSPS) is 21.4. The molecular formula is C16H24O2. The molecule has 0 bridgehead atoms. The maximum Gasteiger partial charge on any atom is 0.109 e. The van der Waals surface area contributed by atoms with E-state index in [-0.39, 0.29) is 11.5 Å². The molecule has 1 aromatic carbocycles. The van der Waals surface area contributed by atoms with Crippen LogP contribution in [0.1, 0.15) is 50.8 Å². The van der Waals surface area contributed by atoms with Crippen molar-refractivity contribution < 1.29 is 9.84 Å². The Bertz CT molecular complexity index is 392. The molecule has 0 spiro atoms. The van der Waals surface area contributed by atoms with Gasteiger partial charge in [-0.25, -0.2) is 0 Å². The number of benzene rings is 1. The fraction of sp³-hybridized carbons (Fsp3) is 0.625. The van der Waals surface area contributed by atoms with Gasteiger partial charge in [0.25, 0.3) is 0 Å². The predicted octanol–water partition coefficient (Wildman–Crippen LogP) is 3.49. The van der Waals surface area contributed by atoms with Crippen LogP contribution in [0.5, 0.6) is 0 Å². The zero-order valence-corrected chi connectivity index (χ0v) is 11.6. The van der Waals surface area contributed by atoms with Crippen LogP contribution in [0, 0.1) is 5.41 Å². The lowest BCUT2D eigenvalue weighted by atomic mass is 9.86. The predicted molar refractivity (Wildman–Crippen MR) is 73.5 cm³/mol. The van der Waals surface area contributed by atoms with Crippen molar-refractivity contribution in [3.8, 4) is 0 Å². The van der Waals surface area contributed by atoms with E-state index in [0.717, 1.165) is 19.3 Å². The van der Waals surface area contributed by atoms with Crippen molar-refractivity contribution in [2.45, 2.75) is 52.2 Å². The quantitative estimate of drug-likeness (QED) is 0.887. The third-order valence-corrected chi connectivity index (χ3v) is 3.57. The second-order valence-electron chi connectivity index (χ2n) is 6.41. The smallest absolute Gasteiger partial charge is 0.109 e. The Balaban J connectivity index is 2.06. The SMILES string of the molecule is CC(C)(C)CCC(O)C1OCCc2ccccc21. The van der Waals surface area contributed by atoms with Gasteiger partial charge in [-0.15, -0.1) is 0 Å². The minimum Gasteiger partial charge on any atom is -0.390 e. The fourth-order valence-electron chi connectivity index (χ4n) is 2.48. The lowest BCUT2D eigenvalue weighted by molar-refractivity contribution is -0.0527. The van der Waals surface area contributed by atoms with Crippen LogP contribution in [-0.2, 0) is 11.2 Å². The second kappa shape index (κ2) is 5.41. The first-order chi connectivity index (χ1) is 8.47. The highest BCUT2D eigenvalue weighted by Crippen LogP contribution is 2.33. The molecule has 0 radical (unpaired) electrons. The average Bonchev–Trinajstić information content (AvgIpc) is 2.34. The Morgan fingerprint density at radius 2 is 2.06 bits per heavy atom. The molecule has 1 aliphatic heterocycles. The molecule has 1 aliphatic rings. The summed E-state index contributed by atoms with van der Waals surface area (Å²) in [6, 6.07) is 8.31. The number of rotatable bonds is 3. The molecule has 2 unspecified atom stereocenters. The van der Waals surface area contributed by atoms with Gasteiger partial charge in [0.15, 0.2) is 0 Å². The summed E-state index contributed by atoms with van der Waals surface area (Å²) in [5, 5.41) is 10.4. The lowest BCUT2D eigenvalue weighted by Gasteiger charge is -2.31. The average molecular weight is 248 g/mol. The fourth-order valence-corrected chi connectivity index (χ4v) is 2.48. The molecule has 18 heavy (non-hydrogen) atoms. The van der Waals surface area contributed by atoms with Crippen LogP contribution in [0.25, 0.3) is 0 Å². The molecule has 2 nitrogen and oxygen atoms in total. The molecule has 2 heteroatoms. The summed E-state index contributed by atoms with van der Waals surface area (Å²) in [6.07, 6.45) is 2.22. The van der Waals surface area contributed by atoms with Gasteiger partial charge in [0, 0.05) is 0 Å². The van der Waals surface area contributed by atoms with Gasteiger partial charge in [0.2, 0.25) is 0 Å². The molecule has 0 saturated heterocycles. The first-order valence-corrected chi connectivity index (χ1v) is 6.85. The number of hydrogen-bond acceptors (Lipinski definition) is 2. The van der Waals surface area contributed by atoms with Crippen LogP contribution in [0.15, 0.2) is 24.3 Å². The van der Waals surface area contributed by atoms with Gasteiger partial charge in [0.05, 0.1) is 12.7 Å². The van der Waals surface area contributed by atoms with Crippen molar-refractivity contribution in [2.75, 3.05) is 6.61 Å². The molecule has 0 aromatic heterocycles. The van der Waals surface area contributed by atoms with E-state index in [1.165, 1.54) is 11.1 Å². The van der Waals surface area contributed by atoms with Gasteiger partial charge in [0.1, 0.15) is 6.10 Å². The first kappa shape index (κ1) is 13.6. The van der Waals surface area contributed by atoms with E-state index in [1.54, 1.807) is 0 Å². The van der Waals surface area contributed by atoms with Crippen LogP contribution in [0.3, 0.4) is 0 Å². The minimum atomic E-state index is -0.398. The molecule has 0 aliphatic carbocycles. The molecule has 0 saturated carbocycles. The maximum absolute atomic E-state index is 10.4. The van der Waals surface area contributed by atoms with Gasteiger partial charge in [-0.3, -0.25) is 0 Å². The van der Waals surface area contributed by atoms with E-state index in [1.807, 2.05) is 6.07 Å². The maximum atomic E-state index is 10.4. The van der Waals surface area contributed by atoms with Crippen molar-refractivity contribution in [1.29, 1.82) is 0 Å². The van der Waals surface area contributed by atoms with Gasteiger partial charge in [-0.05, 0) is 35.8 Å². The highest BCUT2D eigenvalue weighted by molar-refractivity contribution is 5.31. The molecule has 2 atom stereocenters. The van der Waals surface area contributed by atoms with Gasteiger partial charge >= 0.3 is 0 Å². The number of fused-ring (bicyclic) bond motifs is 1. The summed E-state index contributed by atoms with van der Waals surface area (Å²) in [4.78, 5) is 0. The van der Waals surface area contributed by atoms with E-state index < -0.39 is 6.10 Å². The van der Waals surface area contributed by atoms with Gasteiger partial charge < -0.3 is 9.84 Å². The Morgan fingerprint density at radius 3 is 2.78 bits per heavy atom. The molecule has 1 N–H and O–H groups in total. The van der Waals surface area contributed by atoms with Crippen molar-refractivity contribution in [2.24, 2.45) is 5.41 Å². The van der Waals surface area contributed by atoms with Crippen molar-refractivity contribution in [3.63, 3.8) is 0 Å². The molecule has 2 rings (SSSR count). The van der Waals surface area contributed by atoms with Crippen molar-refractivity contribution >= 4 is 0 Å². The number of aliphatic hydroxyl groups excluding tert-OH is 1. The molecule has 0 fully saturated rings. The third-order valence-electron chi connectivity index (χ3n) is 3.57. The Hall–Kier alpha value is -0.860. The molecule has 100 valence electrons. The summed E-state index contributed by atoms with van der Waals surface area (Å²) in [6.45, 7) is 7.33. The van der Waals surface area contributed by atoms with E-state index in [9.17, 15) is 5.11 Å². The Kier molecular flexibility index (Phi) is 4.08. The first-order valence-electron chi connectivity index (χ1n) is 6.85. The molecular weight excluding hydrogens is 224 g/mol.